The minimum Gasteiger partial charge on any atom is -0.494 e. The van der Waals surface area contributed by atoms with Crippen LogP contribution < -0.4 is 20.1 Å². The van der Waals surface area contributed by atoms with Gasteiger partial charge in [0.05, 0.1) is 18.8 Å². The van der Waals surface area contributed by atoms with E-state index in [2.05, 4.69) is 26.6 Å². The highest BCUT2D eigenvalue weighted by Gasteiger charge is 2.15. The van der Waals surface area contributed by atoms with Gasteiger partial charge in [-0.2, -0.15) is 0 Å². The van der Waals surface area contributed by atoms with E-state index in [1.165, 1.54) is 5.56 Å². The van der Waals surface area contributed by atoms with Gasteiger partial charge in [0.15, 0.2) is 5.11 Å². The minimum absolute atomic E-state index is 0.198. The first-order valence-corrected chi connectivity index (χ1v) is 11.1. The van der Waals surface area contributed by atoms with Crippen LogP contribution in [0.15, 0.2) is 77.3 Å². The summed E-state index contributed by atoms with van der Waals surface area (Å²) in [5, 5.41) is 5.91. The summed E-state index contributed by atoms with van der Waals surface area (Å²) >= 11 is 8.71. The molecule has 0 heterocycles. The topological polar surface area (TPSA) is 59.6 Å². The molecule has 0 atom stereocenters. The maximum absolute atomic E-state index is 12.8. The lowest BCUT2D eigenvalue weighted by molar-refractivity contribution is 0.0973. The molecule has 0 saturated carbocycles. The van der Waals surface area contributed by atoms with Crippen LogP contribution in [0.3, 0.4) is 0 Å². The zero-order valence-electron chi connectivity index (χ0n) is 17.1. The molecule has 0 bridgehead atoms. The van der Waals surface area contributed by atoms with Crippen molar-refractivity contribution in [3.05, 3.63) is 88.4 Å². The van der Waals surface area contributed by atoms with E-state index in [0.717, 1.165) is 22.3 Å². The zero-order valence-corrected chi connectivity index (χ0v) is 19.5. The van der Waals surface area contributed by atoms with Crippen LogP contribution in [0.5, 0.6) is 11.5 Å². The normalized spacial score (nSPS) is 10.3. The Morgan fingerprint density at radius 1 is 1.00 bits per heavy atom. The first-order chi connectivity index (χ1) is 15.0. The van der Waals surface area contributed by atoms with Crippen LogP contribution in [0.2, 0.25) is 0 Å². The number of rotatable bonds is 8. The summed E-state index contributed by atoms with van der Waals surface area (Å²) in [6, 6.07) is 22.7. The summed E-state index contributed by atoms with van der Waals surface area (Å²) in [5.41, 5.74) is 2.33. The van der Waals surface area contributed by atoms with E-state index in [4.69, 9.17) is 21.7 Å². The van der Waals surface area contributed by atoms with Crippen LogP contribution in [-0.4, -0.2) is 24.2 Å². The molecular weight excluding hydrogens is 476 g/mol. The molecule has 7 heteroatoms. The summed E-state index contributed by atoms with van der Waals surface area (Å²) in [7, 11) is 0. The lowest BCUT2D eigenvalue weighted by Crippen LogP contribution is -2.34. The van der Waals surface area contributed by atoms with Gasteiger partial charge in [0.25, 0.3) is 5.91 Å². The van der Waals surface area contributed by atoms with E-state index in [-0.39, 0.29) is 11.0 Å². The van der Waals surface area contributed by atoms with E-state index in [0.29, 0.717) is 24.5 Å². The Morgan fingerprint density at radius 3 is 2.45 bits per heavy atom. The second kappa shape index (κ2) is 11.5. The van der Waals surface area contributed by atoms with E-state index in [9.17, 15) is 4.79 Å². The molecule has 0 aromatic heterocycles. The van der Waals surface area contributed by atoms with Crippen LogP contribution in [0.4, 0.5) is 5.69 Å². The molecule has 3 aromatic carbocycles. The first kappa shape index (κ1) is 22.8. The summed E-state index contributed by atoms with van der Waals surface area (Å²) in [5.74, 6) is 0.925. The highest BCUT2D eigenvalue weighted by atomic mass is 79.9. The summed E-state index contributed by atoms with van der Waals surface area (Å²) in [6.07, 6.45) is 0.746. The van der Waals surface area contributed by atoms with E-state index >= 15 is 0 Å². The molecule has 0 saturated heterocycles. The van der Waals surface area contributed by atoms with Gasteiger partial charge in [0.1, 0.15) is 11.5 Å². The number of ether oxygens (including phenoxy) is 2. The van der Waals surface area contributed by atoms with Gasteiger partial charge in [0.2, 0.25) is 0 Å². The van der Waals surface area contributed by atoms with Crippen LogP contribution in [-0.2, 0) is 6.42 Å². The van der Waals surface area contributed by atoms with Crippen molar-refractivity contribution < 1.29 is 14.3 Å². The fraction of sp³-hybridized carbons (Fsp3) is 0.167. The second-order valence-electron chi connectivity index (χ2n) is 6.59. The maximum atomic E-state index is 12.8. The molecule has 2 N–H and O–H groups in total. The van der Waals surface area contributed by atoms with Gasteiger partial charge in [-0.3, -0.25) is 10.1 Å². The average Bonchev–Trinajstić information content (AvgIpc) is 2.77. The summed E-state index contributed by atoms with van der Waals surface area (Å²) in [6.45, 7) is 2.99. The highest BCUT2D eigenvalue weighted by Crippen LogP contribution is 2.24. The molecule has 5 nitrogen and oxygen atoms in total. The number of halogens is 1. The van der Waals surface area contributed by atoms with Gasteiger partial charge in [0, 0.05) is 16.6 Å². The third-order valence-corrected chi connectivity index (χ3v) is 5.02. The largest absolute Gasteiger partial charge is 0.494 e. The Kier molecular flexibility index (Phi) is 8.44. The van der Waals surface area contributed by atoms with Crippen molar-refractivity contribution >= 4 is 44.9 Å². The molecule has 31 heavy (non-hydrogen) atoms. The zero-order chi connectivity index (χ0) is 22.1. The predicted octanol–water partition coefficient (Wildman–Crippen LogP) is 5.60. The molecule has 0 spiro atoms. The Balaban J connectivity index is 1.60. The van der Waals surface area contributed by atoms with Gasteiger partial charge >= 0.3 is 0 Å². The second-order valence-corrected chi connectivity index (χ2v) is 7.91. The number of benzene rings is 3. The Bertz CT molecular complexity index is 1030. The highest BCUT2D eigenvalue weighted by molar-refractivity contribution is 9.10. The number of hydrogen-bond acceptors (Lipinski definition) is 4. The number of thiocarbonyl (C=S) groups is 1. The van der Waals surface area contributed by atoms with Crippen LogP contribution >= 0.6 is 28.1 Å². The SMILES string of the molecule is CCOc1ccc(NC(=S)NC(=O)c2cc(Br)ccc2OCCc2ccccc2)cc1. The van der Waals surface area contributed by atoms with Crippen molar-refractivity contribution in [3.8, 4) is 11.5 Å². The molecule has 3 rings (SSSR count). The van der Waals surface area contributed by atoms with Crippen molar-refractivity contribution in [3.63, 3.8) is 0 Å². The van der Waals surface area contributed by atoms with Crippen molar-refractivity contribution in [2.75, 3.05) is 18.5 Å². The number of amides is 1. The molecule has 1 amide bonds. The molecule has 0 unspecified atom stereocenters. The molecule has 160 valence electrons. The molecule has 0 aliphatic rings. The van der Waals surface area contributed by atoms with Gasteiger partial charge in [-0.15, -0.1) is 0 Å². The van der Waals surface area contributed by atoms with Crippen LogP contribution in [0, 0.1) is 0 Å². The third-order valence-electron chi connectivity index (χ3n) is 4.33. The summed E-state index contributed by atoms with van der Waals surface area (Å²) < 4.78 is 12.1. The van der Waals surface area contributed by atoms with Gasteiger partial charge in [-0.25, -0.2) is 0 Å². The van der Waals surface area contributed by atoms with Crippen LogP contribution in [0.25, 0.3) is 0 Å². The molecule has 0 aliphatic heterocycles. The first-order valence-electron chi connectivity index (χ1n) is 9.86. The monoisotopic (exact) mass is 498 g/mol. The Morgan fingerprint density at radius 2 is 1.74 bits per heavy atom. The number of nitrogens with one attached hydrogen (secondary N) is 2. The molecule has 0 radical (unpaired) electrons. The van der Waals surface area contributed by atoms with Gasteiger partial charge in [-0.05, 0) is 67.2 Å². The van der Waals surface area contributed by atoms with E-state index in [1.54, 1.807) is 12.1 Å². The maximum Gasteiger partial charge on any atom is 0.261 e. The van der Waals surface area contributed by atoms with Crippen molar-refractivity contribution in [2.24, 2.45) is 0 Å². The minimum atomic E-state index is -0.348. The van der Waals surface area contributed by atoms with E-state index < -0.39 is 0 Å². The lowest BCUT2D eigenvalue weighted by Gasteiger charge is -2.14. The predicted molar refractivity (Wildman–Crippen MR) is 131 cm³/mol. The van der Waals surface area contributed by atoms with Crippen LogP contribution in [0.1, 0.15) is 22.8 Å². The molecule has 0 fully saturated rings. The Hall–Kier alpha value is -2.90. The van der Waals surface area contributed by atoms with Gasteiger partial charge in [-0.1, -0.05) is 46.3 Å². The number of carbonyl (C=O) groups excluding carboxylic acids is 1. The smallest absolute Gasteiger partial charge is 0.261 e. The van der Waals surface area contributed by atoms with Crippen molar-refractivity contribution in [1.29, 1.82) is 0 Å². The van der Waals surface area contributed by atoms with Crippen molar-refractivity contribution in [1.82, 2.24) is 5.32 Å². The van der Waals surface area contributed by atoms with Gasteiger partial charge < -0.3 is 14.8 Å². The third kappa shape index (κ3) is 7.08. The quantitative estimate of drug-likeness (QED) is 0.396. The van der Waals surface area contributed by atoms with E-state index in [1.807, 2.05) is 67.6 Å². The fourth-order valence-corrected chi connectivity index (χ4v) is 3.43. The fourth-order valence-electron chi connectivity index (χ4n) is 2.86. The lowest BCUT2D eigenvalue weighted by atomic mass is 10.1. The average molecular weight is 499 g/mol. The number of carbonyl (C=O) groups is 1. The number of hydrogen-bond donors (Lipinski definition) is 2. The molecular formula is C24H23BrN2O3S. The standard InChI is InChI=1S/C24H23BrN2O3S/c1-2-29-20-11-9-19(10-12-20)26-24(31)27-23(28)21-16-18(25)8-13-22(21)30-15-14-17-6-4-3-5-7-17/h3-13,16H,2,14-15H2,1H3,(H2,26,27,28,31). The Labute approximate surface area is 195 Å². The molecule has 3 aromatic rings. The number of anilines is 1. The summed E-state index contributed by atoms with van der Waals surface area (Å²) in [4.78, 5) is 12.8. The van der Waals surface area contributed by atoms with Crippen molar-refractivity contribution in [2.45, 2.75) is 13.3 Å². The molecule has 0 aliphatic carbocycles.